The van der Waals surface area contributed by atoms with Crippen molar-refractivity contribution < 1.29 is 14.3 Å². The molecule has 5 nitrogen and oxygen atoms in total. The zero-order valence-corrected chi connectivity index (χ0v) is 18.0. The molecule has 0 aliphatic carbocycles. The van der Waals surface area contributed by atoms with Gasteiger partial charge in [0.25, 0.3) is 0 Å². The van der Waals surface area contributed by atoms with E-state index in [0.717, 1.165) is 22.4 Å². The van der Waals surface area contributed by atoms with Gasteiger partial charge in [0.15, 0.2) is 0 Å². The largest absolute Gasteiger partial charge is 0.496 e. The Balaban J connectivity index is 1.83. The van der Waals surface area contributed by atoms with Gasteiger partial charge in [0, 0.05) is 32.0 Å². The number of benzene rings is 3. The van der Waals surface area contributed by atoms with Gasteiger partial charge in [-0.1, -0.05) is 78.9 Å². The van der Waals surface area contributed by atoms with E-state index in [2.05, 4.69) is 5.32 Å². The van der Waals surface area contributed by atoms with E-state index < -0.39 is 6.04 Å². The van der Waals surface area contributed by atoms with Gasteiger partial charge in [0.2, 0.25) is 11.8 Å². The minimum Gasteiger partial charge on any atom is -0.496 e. The lowest BCUT2D eigenvalue weighted by atomic mass is 10.0. The predicted octanol–water partition coefficient (Wildman–Crippen LogP) is 3.97. The normalized spacial score (nSPS) is 11.4. The van der Waals surface area contributed by atoms with E-state index in [9.17, 15) is 9.59 Å². The Morgan fingerprint density at radius 1 is 0.871 bits per heavy atom. The smallest absolute Gasteiger partial charge is 0.243 e. The summed E-state index contributed by atoms with van der Waals surface area (Å²) >= 11 is 0. The second-order valence-corrected chi connectivity index (χ2v) is 7.37. The standard InChI is InChI=1S/C26H28N2O3/c1-20(29)28(19-22-13-7-4-8-14-22)24(17-21-11-5-3-6-12-21)26(30)27-18-23-15-9-10-16-25(23)31-2/h3-16,24H,17-19H2,1-2H3,(H,27,30). The molecule has 3 rings (SSSR count). The van der Waals surface area contributed by atoms with Gasteiger partial charge < -0.3 is 15.0 Å². The van der Waals surface area contributed by atoms with E-state index in [0.29, 0.717) is 19.5 Å². The van der Waals surface area contributed by atoms with Crippen LogP contribution in [0.4, 0.5) is 0 Å². The molecule has 2 amide bonds. The average molecular weight is 417 g/mol. The van der Waals surface area contributed by atoms with E-state index >= 15 is 0 Å². The van der Waals surface area contributed by atoms with Crippen LogP contribution in [0.15, 0.2) is 84.9 Å². The van der Waals surface area contributed by atoms with Gasteiger partial charge in [-0.3, -0.25) is 9.59 Å². The van der Waals surface area contributed by atoms with Crippen LogP contribution < -0.4 is 10.1 Å². The van der Waals surface area contributed by atoms with Gasteiger partial charge in [0.1, 0.15) is 11.8 Å². The van der Waals surface area contributed by atoms with Crippen LogP contribution in [0.2, 0.25) is 0 Å². The average Bonchev–Trinajstić information content (AvgIpc) is 2.81. The lowest BCUT2D eigenvalue weighted by Gasteiger charge is -2.30. The predicted molar refractivity (Wildman–Crippen MR) is 121 cm³/mol. The highest BCUT2D eigenvalue weighted by Gasteiger charge is 2.28. The molecule has 0 fully saturated rings. The molecule has 0 spiro atoms. The first-order valence-corrected chi connectivity index (χ1v) is 10.3. The van der Waals surface area contributed by atoms with Gasteiger partial charge in [-0.2, -0.15) is 0 Å². The summed E-state index contributed by atoms with van der Waals surface area (Å²) in [5.41, 5.74) is 2.86. The minimum absolute atomic E-state index is 0.141. The van der Waals surface area contributed by atoms with Crippen molar-refractivity contribution in [2.45, 2.75) is 32.5 Å². The van der Waals surface area contributed by atoms with Crippen LogP contribution in [-0.4, -0.2) is 29.9 Å². The van der Waals surface area contributed by atoms with E-state index in [1.54, 1.807) is 12.0 Å². The van der Waals surface area contributed by atoms with Crippen molar-refractivity contribution in [3.05, 3.63) is 102 Å². The molecular weight excluding hydrogens is 388 g/mol. The van der Waals surface area contributed by atoms with E-state index in [1.165, 1.54) is 6.92 Å². The Labute approximate surface area is 183 Å². The molecular formula is C26H28N2O3. The van der Waals surface area contributed by atoms with Crippen molar-refractivity contribution in [2.24, 2.45) is 0 Å². The van der Waals surface area contributed by atoms with Gasteiger partial charge in [-0.05, 0) is 17.2 Å². The Morgan fingerprint density at radius 3 is 2.06 bits per heavy atom. The van der Waals surface area contributed by atoms with Gasteiger partial charge in [-0.15, -0.1) is 0 Å². The van der Waals surface area contributed by atoms with Crippen LogP contribution >= 0.6 is 0 Å². The number of nitrogens with zero attached hydrogens (tertiary/aromatic N) is 1. The lowest BCUT2D eigenvalue weighted by Crippen LogP contribution is -2.49. The monoisotopic (exact) mass is 416 g/mol. The molecule has 0 radical (unpaired) electrons. The summed E-state index contributed by atoms with van der Waals surface area (Å²) in [7, 11) is 1.61. The van der Waals surface area contributed by atoms with Crippen molar-refractivity contribution in [2.75, 3.05) is 7.11 Å². The SMILES string of the molecule is COc1ccccc1CNC(=O)C(Cc1ccccc1)N(Cc1ccccc1)C(C)=O. The summed E-state index contributed by atoms with van der Waals surface area (Å²) in [6.45, 7) is 2.20. The topological polar surface area (TPSA) is 58.6 Å². The summed E-state index contributed by atoms with van der Waals surface area (Å²) in [5, 5.41) is 3.00. The first-order chi connectivity index (χ1) is 15.1. The molecule has 0 aromatic heterocycles. The number of amides is 2. The second kappa shape index (κ2) is 11.0. The van der Waals surface area contributed by atoms with E-state index in [4.69, 9.17) is 4.74 Å². The zero-order chi connectivity index (χ0) is 22.1. The Morgan fingerprint density at radius 2 is 1.45 bits per heavy atom. The van der Waals surface area contributed by atoms with Crippen LogP contribution in [-0.2, 0) is 29.1 Å². The molecule has 3 aromatic rings. The van der Waals surface area contributed by atoms with E-state index in [-0.39, 0.29) is 11.8 Å². The number of rotatable bonds is 9. The number of carbonyl (C=O) groups excluding carboxylic acids is 2. The van der Waals surface area contributed by atoms with Crippen LogP contribution in [0, 0.1) is 0 Å². The quantitative estimate of drug-likeness (QED) is 0.574. The lowest BCUT2D eigenvalue weighted by molar-refractivity contribution is -0.139. The number of ether oxygens (including phenoxy) is 1. The summed E-state index contributed by atoms with van der Waals surface area (Å²) in [6.07, 6.45) is 0.436. The number of para-hydroxylation sites is 1. The summed E-state index contributed by atoms with van der Waals surface area (Å²) in [4.78, 5) is 27.5. The Kier molecular flexibility index (Phi) is 7.82. The van der Waals surface area contributed by atoms with Gasteiger partial charge >= 0.3 is 0 Å². The fourth-order valence-corrected chi connectivity index (χ4v) is 3.55. The zero-order valence-electron chi connectivity index (χ0n) is 18.0. The maximum absolute atomic E-state index is 13.3. The van der Waals surface area contributed by atoms with Crippen LogP contribution in [0.5, 0.6) is 5.75 Å². The van der Waals surface area contributed by atoms with Crippen LogP contribution in [0.3, 0.4) is 0 Å². The van der Waals surface area contributed by atoms with Crippen molar-refractivity contribution in [1.29, 1.82) is 0 Å². The first-order valence-electron chi connectivity index (χ1n) is 10.3. The molecule has 1 N–H and O–H groups in total. The minimum atomic E-state index is -0.630. The molecule has 0 bridgehead atoms. The number of nitrogens with one attached hydrogen (secondary N) is 1. The maximum atomic E-state index is 13.3. The molecule has 0 aliphatic rings. The molecule has 0 saturated carbocycles. The van der Waals surface area contributed by atoms with Crippen molar-refractivity contribution in [1.82, 2.24) is 10.2 Å². The molecule has 5 heteroatoms. The number of hydrogen-bond acceptors (Lipinski definition) is 3. The molecule has 1 atom stereocenters. The summed E-state index contributed by atoms with van der Waals surface area (Å²) in [6, 6.07) is 26.4. The molecule has 1 unspecified atom stereocenters. The van der Waals surface area contributed by atoms with Crippen molar-refractivity contribution in [3.8, 4) is 5.75 Å². The summed E-state index contributed by atoms with van der Waals surface area (Å²) in [5.74, 6) is 0.383. The molecule has 0 aliphatic heterocycles. The van der Waals surface area contributed by atoms with Crippen LogP contribution in [0.1, 0.15) is 23.6 Å². The molecule has 31 heavy (non-hydrogen) atoms. The summed E-state index contributed by atoms with van der Waals surface area (Å²) < 4.78 is 5.38. The Hall–Kier alpha value is -3.60. The third kappa shape index (κ3) is 6.19. The van der Waals surface area contributed by atoms with Crippen molar-refractivity contribution in [3.63, 3.8) is 0 Å². The third-order valence-corrected chi connectivity index (χ3v) is 5.20. The molecule has 0 heterocycles. The highest BCUT2D eigenvalue weighted by Crippen LogP contribution is 2.18. The Bertz CT molecular complexity index is 990. The number of carbonyl (C=O) groups is 2. The molecule has 0 saturated heterocycles. The first kappa shape index (κ1) is 22.1. The molecule has 160 valence electrons. The number of hydrogen-bond donors (Lipinski definition) is 1. The van der Waals surface area contributed by atoms with Gasteiger partial charge in [-0.25, -0.2) is 0 Å². The van der Waals surface area contributed by atoms with Gasteiger partial charge in [0.05, 0.1) is 7.11 Å². The highest BCUT2D eigenvalue weighted by atomic mass is 16.5. The second-order valence-electron chi connectivity index (χ2n) is 7.37. The maximum Gasteiger partial charge on any atom is 0.243 e. The number of methoxy groups -OCH3 is 1. The highest BCUT2D eigenvalue weighted by molar-refractivity contribution is 5.87. The fraction of sp³-hybridized carbons (Fsp3) is 0.231. The fourth-order valence-electron chi connectivity index (χ4n) is 3.55. The third-order valence-electron chi connectivity index (χ3n) is 5.20. The van der Waals surface area contributed by atoms with Crippen LogP contribution in [0.25, 0.3) is 0 Å². The van der Waals surface area contributed by atoms with Crippen molar-refractivity contribution >= 4 is 11.8 Å². The van der Waals surface area contributed by atoms with E-state index in [1.807, 2.05) is 84.9 Å². The molecule has 3 aromatic carbocycles.